The number of benzene rings is 2. The van der Waals surface area contributed by atoms with Gasteiger partial charge in [0.15, 0.2) is 0 Å². The summed E-state index contributed by atoms with van der Waals surface area (Å²) in [6.07, 6.45) is 7.61. The lowest BCUT2D eigenvalue weighted by molar-refractivity contribution is -0.118. The summed E-state index contributed by atoms with van der Waals surface area (Å²) in [4.78, 5) is 13.3. The number of terminal acetylenes is 1. The van der Waals surface area contributed by atoms with Gasteiger partial charge in [-0.05, 0) is 48.9 Å². The van der Waals surface area contributed by atoms with Crippen molar-refractivity contribution >= 4 is 11.6 Å². The van der Waals surface area contributed by atoms with Crippen molar-refractivity contribution in [2.75, 3.05) is 25.6 Å². The molecule has 2 aromatic carbocycles. The van der Waals surface area contributed by atoms with E-state index in [2.05, 4.69) is 16.6 Å². The number of carbonyl (C=O) groups is 1. The van der Waals surface area contributed by atoms with Gasteiger partial charge in [-0.25, -0.2) is 0 Å². The summed E-state index contributed by atoms with van der Waals surface area (Å²) < 4.78 is 10.9. The van der Waals surface area contributed by atoms with Crippen LogP contribution in [-0.4, -0.2) is 32.3 Å². The summed E-state index contributed by atoms with van der Waals surface area (Å²) in [5, 5.41) is 6.43. The molecule has 2 N–H and O–H groups in total. The maximum Gasteiger partial charge on any atom is 0.246 e. The van der Waals surface area contributed by atoms with Gasteiger partial charge < -0.3 is 14.8 Å². The van der Waals surface area contributed by atoms with E-state index in [-0.39, 0.29) is 17.9 Å². The molecular formula is C24H28N2O3. The zero-order chi connectivity index (χ0) is 20.6. The number of nitrogens with one attached hydrogen (secondary N) is 2. The monoisotopic (exact) mass is 392 g/mol. The van der Waals surface area contributed by atoms with Gasteiger partial charge in [0, 0.05) is 13.2 Å². The quantitative estimate of drug-likeness (QED) is 0.706. The number of hydrogen-bond donors (Lipinski definition) is 2. The smallest absolute Gasteiger partial charge is 0.246 e. The molecule has 29 heavy (non-hydrogen) atoms. The minimum absolute atomic E-state index is 0.174. The molecule has 1 fully saturated rings. The van der Waals surface area contributed by atoms with Crippen molar-refractivity contribution < 1.29 is 14.3 Å². The summed E-state index contributed by atoms with van der Waals surface area (Å²) in [5.41, 5.74) is 2.54. The zero-order valence-electron chi connectivity index (χ0n) is 17.0. The van der Waals surface area contributed by atoms with Gasteiger partial charge in [-0.3, -0.25) is 10.1 Å². The zero-order valence-corrected chi connectivity index (χ0v) is 17.0. The molecule has 5 nitrogen and oxygen atoms in total. The molecule has 3 rings (SSSR count). The average molecular weight is 392 g/mol. The molecule has 5 heteroatoms. The molecule has 0 bridgehead atoms. The van der Waals surface area contributed by atoms with Crippen LogP contribution in [0.25, 0.3) is 0 Å². The largest absolute Gasteiger partial charge is 0.495 e. The Kier molecular flexibility index (Phi) is 7.29. The Labute approximate surface area is 172 Å². The first-order valence-electron chi connectivity index (χ1n) is 9.92. The number of aryl methyl sites for hydroxylation is 1. The van der Waals surface area contributed by atoms with Crippen molar-refractivity contribution in [3.8, 4) is 18.1 Å². The molecule has 1 amide bonds. The minimum Gasteiger partial charge on any atom is -0.495 e. The highest BCUT2D eigenvalue weighted by Gasteiger charge is 2.29. The van der Waals surface area contributed by atoms with Gasteiger partial charge in [0.1, 0.15) is 11.8 Å². The molecule has 0 spiro atoms. The molecule has 152 valence electrons. The van der Waals surface area contributed by atoms with Crippen LogP contribution in [-0.2, 0) is 9.53 Å². The molecule has 0 aliphatic carbocycles. The maximum atomic E-state index is 13.3. The van der Waals surface area contributed by atoms with Crippen molar-refractivity contribution in [1.82, 2.24) is 5.32 Å². The van der Waals surface area contributed by atoms with Gasteiger partial charge in [-0.2, -0.15) is 0 Å². The first kappa shape index (κ1) is 20.9. The third-order valence-electron chi connectivity index (χ3n) is 5.27. The summed E-state index contributed by atoms with van der Waals surface area (Å²) in [6.45, 7) is 3.38. The molecule has 1 aliphatic heterocycles. The van der Waals surface area contributed by atoms with E-state index in [1.54, 1.807) is 7.11 Å². The van der Waals surface area contributed by atoms with Gasteiger partial charge in [0.25, 0.3) is 0 Å². The van der Waals surface area contributed by atoms with E-state index in [9.17, 15) is 4.79 Å². The number of anilines is 1. The fourth-order valence-corrected chi connectivity index (χ4v) is 3.64. The van der Waals surface area contributed by atoms with Crippen LogP contribution in [0.1, 0.15) is 30.0 Å². The second-order valence-corrected chi connectivity index (χ2v) is 7.30. The van der Waals surface area contributed by atoms with Crippen LogP contribution in [0.2, 0.25) is 0 Å². The fraction of sp³-hybridized carbons (Fsp3) is 0.375. The van der Waals surface area contributed by atoms with Crippen molar-refractivity contribution in [2.24, 2.45) is 5.92 Å². The molecule has 1 saturated heterocycles. The Morgan fingerprint density at radius 1 is 1.21 bits per heavy atom. The van der Waals surface area contributed by atoms with E-state index in [0.29, 0.717) is 24.7 Å². The average Bonchev–Trinajstić information content (AvgIpc) is 2.76. The van der Waals surface area contributed by atoms with Gasteiger partial charge in [-0.15, -0.1) is 6.42 Å². The Balaban J connectivity index is 1.84. The van der Waals surface area contributed by atoms with Crippen molar-refractivity contribution in [3.05, 3.63) is 59.7 Å². The van der Waals surface area contributed by atoms with E-state index >= 15 is 0 Å². The molecule has 0 radical (unpaired) electrons. The number of hydrogen-bond acceptors (Lipinski definition) is 4. The lowest BCUT2D eigenvalue weighted by Crippen LogP contribution is -2.44. The highest BCUT2D eigenvalue weighted by atomic mass is 16.5. The number of methoxy groups -OCH3 is 1. The molecule has 1 aliphatic rings. The Morgan fingerprint density at radius 2 is 1.93 bits per heavy atom. The second-order valence-electron chi connectivity index (χ2n) is 7.30. The number of amides is 1. The number of rotatable bonds is 7. The molecule has 2 atom stereocenters. The lowest BCUT2D eigenvalue weighted by Gasteiger charge is -2.31. The predicted molar refractivity (Wildman–Crippen MR) is 115 cm³/mol. The van der Waals surface area contributed by atoms with Crippen LogP contribution in [0.4, 0.5) is 5.69 Å². The van der Waals surface area contributed by atoms with E-state index < -0.39 is 6.04 Å². The highest BCUT2D eigenvalue weighted by molar-refractivity contribution is 5.97. The van der Waals surface area contributed by atoms with E-state index in [1.807, 2.05) is 55.5 Å². The van der Waals surface area contributed by atoms with Crippen LogP contribution >= 0.6 is 0 Å². The van der Waals surface area contributed by atoms with E-state index in [0.717, 1.165) is 24.0 Å². The van der Waals surface area contributed by atoms with Crippen molar-refractivity contribution in [2.45, 2.75) is 31.8 Å². The molecule has 2 aromatic rings. The fourth-order valence-electron chi connectivity index (χ4n) is 3.64. The SMILES string of the molecule is C#CC(NC(C(=O)Nc1cc(C)ccc1OC)c1ccccc1)C1CCOCC1. The summed E-state index contributed by atoms with van der Waals surface area (Å²) in [7, 11) is 1.59. The first-order chi connectivity index (χ1) is 14.1. The Morgan fingerprint density at radius 3 is 2.59 bits per heavy atom. The maximum absolute atomic E-state index is 13.3. The standard InChI is InChI=1S/C24H28N2O3/c1-4-20(18-12-14-29-15-13-18)25-23(19-8-6-5-7-9-19)24(27)26-21-16-17(2)10-11-22(21)28-3/h1,5-11,16,18,20,23,25H,12-15H2,2-3H3,(H,26,27). The van der Waals surface area contributed by atoms with Crippen LogP contribution in [0.3, 0.4) is 0 Å². The Hall–Kier alpha value is -2.81. The van der Waals surface area contributed by atoms with Crippen molar-refractivity contribution in [3.63, 3.8) is 0 Å². The molecule has 1 heterocycles. The third kappa shape index (κ3) is 5.38. The lowest BCUT2D eigenvalue weighted by atomic mass is 9.91. The van der Waals surface area contributed by atoms with Crippen LogP contribution in [0.15, 0.2) is 48.5 Å². The van der Waals surface area contributed by atoms with Gasteiger partial charge >= 0.3 is 0 Å². The van der Waals surface area contributed by atoms with Crippen LogP contribution in [0.5, 0.6) is 5.75 Å². The van der Waals surface area contributed by atoms with Gasteiger partial charge in [-0.1, -0.05) is 42.3 Å². The van der Waals surface area contributed by atoms with E-state index in [1.165, 1.54) is 0 Å². The van der Waals surface area contributed by atoms with Crippen molar-refractivity contribution in [1.29, 1.82) is 0 Å². The second kappa shape index (κ2) is 10.1. The van der Waals surface area contributed by atoms with Crippen LogP contribution in [0, 0.1) is 25.2 Å². The topological polar surface area (TPSA) is 59.6 Å². The van der Waals surface area contributed by atoms with Gasteiger partial charge in [0.2, 0.25) is 5.91 Å². The molecule has 0 saturated carbocycles. The van der Waals surface area contributed by atoms with E-state index in [4.69, 9.17) is 15.9 Å². The summed E-state index contributed by atoms with van der Waals surface area (Å²) in [5.74, 6) is 3.58. The highest BCUT2D eigenvalue weighted by Crippen LogP contribution is 2.28. The first-order valence-corrected chi connectivity index (χ1v) is 9.92. The normalized spacial score (nSPS) is 16.4. The summed E-state index contributed by atoms with van der Waals surface area (Å²) >= 11 is 0. The predicted octanol–water partition coefficient (Wildman–Crippen LogP) is 3.70. The molecular weight excluding hydrogens is 364 g/mol. The molecule has 2 unspecified atom stereocenters. The third-order valence-corrected chi connectivity index (χ3v) is 5.27. The van der Waals surface area contributed by atoms with Crippen LogP contribution < -0.4 is 15.4 Å². The van der Waals surface area contributed by atoms with Gasteiger partial charge in [0.05, 0.1) is 18.8 Å². The summed E-state index contributed by atoms with van der Waals surface area (Å²) in [6, 6.07) is 14.5. The Bertz CT molecular complexity index is 854. The molecule has 0 aromatic heterocycles. The minimum atomic E-state index is -0.578. The number of ether oxygens (including phenoxy) is 2. The number of carbonyl (C=O) groups excluding carboxylic acids is 1.